The van der Waals surface area contributed by atoms with Crippen molar-refractivity contribution in [2.75, 3.05) is 4.90 Å². The molecule has 7 nitrogen and oxygen atoms in total. The summed E-state index contributed by atoms with van der Waals surface area (Å²) in [5.74, 6) is 3.19. The zero-order chi connectivity index (χ0) is 26.6. The zero-order valence-corrected chi connectivity index (χ0v) is 25.2. The van der Waals surface area contributed by atoms with E-state index in [9.17, 15) is 9.59 Å². The number of carbonyl (C=O) groups is 2. The molecule has 0 spiro atoms. The Morgan fingerprint density at radius 2 is 1.32 bits per heavy atom. The van der Waals surface area contributed by atoms with Gasteiger partial charge in [0.05, 0.1) is 6.20 Å². The molecular formula is C25H40BrN3O4Si. The van der Waals surface area contributed by atoms with Gasteiger partial charge >= 0.3 is 12.2 Å². The minimum atomic E-state index is -2.11. The van der Waals surface area contributed by atoms with Crippen molar-refractivity contribution in [1.82, 2.24) is 9.97 Å². The largest absolute Gasteiger partial charge is 0.443 e. The fourth-order valence-corrected chi connectivity index (χ4v) is 9.55. The third-order valence-corrected chi connectivity index (χ3v) is 12.0. The number of aromatic nitrogens is 2. The van der Waals surface area contributed by atoms with Gasteiger partial charge in [-0.25, -0.2) is 19.6 Å². The van der Waals surface area contributed by atoms with Gasteiger partial charge in [0.2, 0.25) is 0 Å². The van der Waals surface area contributed by atoms with Crippen LogP contribution in [0.5, 0.6) is 0 Å². The predicted octanol–water partition coefficient (Wildman–Crippen LogP) is 7.49. The van der Waals surface area contributed by atoms with Crippen molar-refractivity contribution in [2.24, 2.45) is 0 Å². The van der Waals surface area contributed by atoms with Gasteiger partial charge < -0.3 is 9.47 Å². The monoisotopic (exact) mass is 553 g/mol. The number of hydrogen-bond donors (Lipinski definition) is 0. The standard InChI is InChI=1S/C25H40BrN3O4Si/c1-16(2)34(17(3)4,18(5)6)14-13-19-21(27-15-20(26)28-19)29(22(30)32-24(7,8)9)23(31)33-25(10,11)12/h15-18H,1-12H3. The van der Waals surface area contributed by atoms with Crippen LogP contribution in [-0.4, -0.2) is 41.4 Å². The zero-order valence-electron chi connectivity index (χ0n) is 22.7. The molecule has 1 rings (SSSR count). The molecular weight excluding hydrogens is 514 g/mol. The number of amides is 2. The SMILES string of the molecule is CC(C)[Si](C#Cc1nc(Br)cnc1N(C(=O)OC(C)(C)C)C(=O)OC(C)(C)C)(C(C)C)C(C)C. The Labute approximate surface area is 214 Å². The molecule has 0 bridgehead atoms. The molecule has 0 radical (unpaired) electrons. The molecule has 9 heteroatoms. The van der Waals surface area contributed by atoms with Gasteiger partial charge in [0.25, 0.3) is 0 Å². The van der Waals surface area contributed by atoms with E-state index in [1.54, 1.807) is 41.5 Å². The van der Waals surface area contributed by atoms with Crippen LogP contribution >= 0.6 is 15.9 Å². The second-order valence-corrected chi connectivity index (χ2v) is 17.7. The lowest BCUT2D eigenvalue weighted by Crippen LogP contribution is -2.45. The fraction of sp³-hybridized carbons (Fsp3) is 0.680. The summed E-state index contributed by atoms with van der Waals surface area (Å²) in [6, 6.07) is 0. The molecule has 1 heterocycles. The Bertz CT molecular complexity index is 904. The highest BCUT2D eigenvalue weighted by Crippen LogP contribution is 2.41. The van der Waals surface area contributed by atoms with Gasteiger partial charge in [-0.2, -0.15) is 4.90 Å². The van der Waals surface area contributed by atoms with E-state index < -0.39 is 31.5 Å². The van der Waals surface area contributed by atoms with E-state index in [-0.39, 0.29) is 11.5 Å². The molecule has 0 saturated carbocycles. The van der Waals surface area contributed by atoms with Crippen molar-refractivity contribution in [3.8, 4) is 11.5 Å². The summed E-state index contributed by atoms with van der Waals surface area (Å²) in [5.41, 5.74) is 3.33. The number of nitrogens with zero attached hydrogens (tertiary/aromatic N) is 3. The van der Waals surface area contributed by atoms with Crippen LogP contribution in [-0.2, 0) is 9.47 Å². The molecule has 190 valence electrons. The molecule has 1 aromatic heterocycles. The molecule has 0 aromatic carbocycles. The van der Waals surface area contributed by atoms with E-state index in [1.165, 1.54) is 6.20 Å². The van der Waals surface area contributed by atoms with Gasteiger partial charge in [0.1, 0.15) is 23.9 Å². The quantitative estimate of drug-likeness (QED) is 0.283. The lowest BCUT2D eigenvalue weighted by molar-refractivity contribution is 0.0428. The van der Waals surface area contributed by atoms with Crippen molar-refractivity contribution < 1.29 is 19.1 Å². The molecule has 0 atom stereocenters. The summed E-state index contributed by atoms with van der Waals surface area (Å²) < 4.78 is 11.4. The Morgan fingerprint density at radius 3 is 1.68 bits per heavy atom. The third-order valence-electron chi connectivity index (χ3n) is 5.35. The van der Waals surface area contributed by atoms with Crippen LogP contribution in [0.1, 0.15) is 88.8 Å². The van der Waals surface area contributed by atoms with Gasteiger partial charge in [-0.15, -0.1) is 5.54 Å². The van der Waals surface area contributed by atoms with E-state index in [1.807, 2.05) is 0 Å². The van der Waals surface area contributed by atoms with Crippen LogP contribution in [0.2, 0.25) is 16.6 Å². The maximum Gasteiger partial charge on any atom is 0.425 e. The second-order valence-electron chi connectivity index (χ2n) is 11.3. The summed E-state index contributed by atoms with van der Waals surface area (Å²) in [5, 5.41) is 0. The Morgan fingerprint density at radius 1 is 0.912 bits per heavy atom. The summed E-state index contributed by atoms with van der Waals surface area (Å²) in [7, 11) is -2.11. The first kappa shape index (κ1) is 30.1. The first-order chi connectivity index (χ1) is 15.3. The Kier molecular flexibility index (Phi) is 9.93. The molecule has 0 saturated heterocycles. The van der Waals surface area contributed by atoms with Crippen LogP contribution in [0.3, 0.4) is 0 Å². The van der Waals surface area contributed by atoms with E-state index >= 15 is 0 Å². The minimum Gasteiger partial charge on any atom is -0.443 e. The summed E-state index contributed by atoms with van der Waals surface area (Å²) in [6.45, 7) is 23.6. The van der Waals surface area contributed by atoms with Gasteiger partial charge in [-0.1, -0.05) is 41.5 Å². The minimum absolute atomic E-state index is 0.0154. The Hall–Kier alpha value is -1.92. The molecule has 0 fully saturated rings. The van der Waals surface area contributed by atoms with Crippen molar-refractivity contribution in [1.29, 1.82) is 0 Å². The number of rotatable bonds is 4. The molecule has 1 aromatic rings. The van der Waals surface area contributed by atoms with Crippen LogP contribution in [0, 0.1) is 11.5 Å². The fourth-order valence-electron chi connectivity index (χ4n) is 4.07. The number of ether oxygens (including phenoxy) is 2. The van der Waals surface area contributed by atoms with Crippen molar-refractivity contribution >= 4 is 42.0 Å². The molecule has 0 aliphatic rings. The maximum atomic E-state index is 13.1. The topological polar surface area (TPSA) is 81.6 Å². The number of imide groups is 1. The maximum absolute atomic E-state index is 13.1. The number of halogens is 1. The molecule has 0 aliphatic heterocycles. The summed E-state index contributed by atoms with van der Waals surface area (Å²) in [4.78, 5) is 35.9. The average Bonchev–Trinajstić information content (AvgIpc) is 2.60. The molecule has 2 amide bonds. The van der Waals surface area contributed by atoms with Gasteiger partial charge in [0.15, 0.2) is 11.5 Å². The van der Waals surface area contributed by atoms with E-state index in [4.69, 9.17) is 9.47 Å². The number of carbonyl (C=O) groups excluding carboxylic acids is 2. The van der Waals surface area contributed by atoms with Crippen molar-refractivity contribution in [3.05, 3.63) is 16.5 Å². The predicted molar refractivity (Wildman–Crippen MR) is 143 cm³/mol. The average molecular weight is 555 g/mol. The van der Waals surface area contributed by atoms with Crippen LogP contribution in [0.15, 0.2) is 10.8 Å². The highest BCUT2D eigenvalue weighted by molar-refractivity contribution is 9.10. The van der Waals surface area contributed by atoms with Gasteiger partial charge in [-0.05, 0) is 80.0 Å². The van der Waals surface area contributed by atoms with Crippen molar-refractivity contribution in [2.45, 2.75) is 111 Å². The van der Waals surface area contributed by atoms with Crippen LogP contribution < -0.4 is 4.90 Å². The lowest BCUT2D eigenvalue weighted by Gasteiger charge is -2.38. The smallest absolute Gasteiger partial charge is 0.425 e. The number of anilines is 1. The van der Waals surface area contributed by atoms with Crippen LogP contribution in [0.4, 0.5) is 15.4 Å². The highest BCUT2D eigenvalue weighted by atomic mass is 79.9. The first-order valence-electron chi connectivity index (χ1n) is 11.6. The van der Waals surface area contributed by atoms with Crippen molar-refractivity contribution in [3.63, 3.8) is 0 Å². The van der Waals surface area contributed by atoms with E-state index in [0.717, 1.165) is 4.90 Å². The third kappa shape index (κ3) is 7.81. The summed E-state index contributed by atoms with van der Waals surface area (Å²) >= 11 is 3.34. The van der Waals surface area contributed by atoms with E-state index in [2.05, 4.69) is 78.9 Å². The van der Waals surface area contributed by atoms with Gasteiger partial charge in [0, 0.05) is 0 Å². The van der Waals surface area contributed by atoms with Gasteiger partial charge in [-0.3, -0.25) is 0 Å². The molecule has 0 N–H and O–H groups in total. The van der Waals surface area contributed by atoms with E-state index in [0.29, 0.717) is 21.2 Å². The normalized spacial score (nSPS) is 12.5. The molecule has 34 heavy (non-hydrogen) atoms. The summed E-state index contributed by atoms with van der Waals surface area (Å²) in [6.07, 6.45) is -0.386. The molecule has 0 unspecified atom stereocenters. The number of hydrogen-bond acceptors (Lipinski definition) is 6. The Balaban J connectivity index is 3.78. The lowest BCUT2D eigenvalue weighted by atomic mass is 10.2. The second kappa shape index (κ2) is 11.2. The highest BCUT2D eigenvalue weighted by Gasteiger charge is 2.42. The molecule has 0 aliphatic carbocycles. The van der Waals surface area contributed by atoms with Crippen LogP contribution in [0.25, 0.3) is 0 Å². The first-order valence-corrected chi connectivity index (χ1v) is 14.7.